The molecule has 0 N–H and O–H groups in total. The molecule has 150 valence electrons. The molecule has 0 unspecified atom stereocenters. The van der Waals surface area contributed by atoms with E-state index in [1.54, 1.807) is 6.92 Å². The monoisotopic (exact) mass is 380 g/mol. The van der Waals surface area contributed by atoms with Crippen molar-refractivity contribution in [3.8, 4) is 0 Å². The standard InChI is InChI=1S/C23H32N4O/c1-19(9-10-20(2)27-13-7-8-23(27)22(4)28)25-14-16-26(17-15-25)21(3)18-24-11-5-6-12-24/h7-10,13H,1-3,5-6,11-12,14-18H2,4H3/b10-9-. The van der Waals surface area contributed by atoms with Gasteiger partial charge in [-0.3, -0.25) is 9.69 Å². The molecule has 0 spiro atoms. The Kier molecular flexibility index (Phi) is 6.57. The fraction of sp³-hybridized carbons (Fsp3) is 0.435. The van der Waals surface area contributed by atoms with E-state index in [0.717, 1.165) is 44.1 Å². The van der Waals surface area contributed by atoms with Gasteiger partial charge in [0, 0.05) is 62.9 Å². The number of carbonyl (C=O) groups excluding carboxylic acids is 1. The van der Waals surface area contributed by atoms with Crippen molar-refractivity contribution in [3.63, 3.8) is 0 Å². The third kappa shape index (κ3) is 4.84. The van der Waals surface area contributed by atoms with Gasteiger partial charge in [-0.25, -0.2) is 0 Å². The van der Waals surface area contributed by atoms with Crippen molar-refractivity contribution in [1.29, 1.82) is 0 Å². The predicted octanol–water partition coefficient (Wildman–Crippen LogP) is 3.46. The topological polar surface area (TPSA) is 31.7 Å². The Labute approximate surface area is 168 Å². The number of carbonyl (C=O) groups is 1. The molecule has 0 saturated carbocycles. The first kappa shape index (κ1) is 20.2. The molecule has 2 saturated heterocycles. The maximum Gasteiger partial charge on any atom is 0.176 e. The number of ketones is 1. The van der Waals surface area contributed by atoms with Crippen LogP contribution in [-0.4, -0.2) is 70.9 Å². The highest BCUT2D eigenvalue weighted by Gasteiger charge is 2.20. The number of Topliss-reactive ketones (excluding diaryl/α,β-unsaturated/α-hetero) is 1. The third-order valence-electron chi connectivity index (χ3n) is 5.62. The van der Waals surface area contributed by atoms with Crippen molar-refractivity contribution in [2.75, 3.05) is 45.8 Å². The summed E-state index contributed by atoms with van der Waals surface area (Å²) in [7, 11) is 0. The fourth-order valence-electron chi connectivity index (χ4n) is 3.91. The van der Waals surface area contributed by atoms with E-state index < -0.39 is 0 Å². The van der Waals surface area contributed by atoms with E-state index in [1.165, 1.54) is 31.6 Å². The van der Waals surface area contributed by atoms with Gasteiger partial charge >= 0.3 is 0 Å². The lowest BCUT2D eigenvalue weighted by atomic mass is 10.2. The molecule has 2 aliphatic rings. The van der Waals surface area contributed by atoms with E-state index in [4.69, 9.17) is 0 Å². The van der Waals surface area contributed by atoms with Crippen LogP contribution in [-0.2, 0) is 0 Å². The normalized spacial score (nSPS) is 18.0. The van der Waals surface area contributed by atoms with Crippen molar-refractivity contribution < 1.29 is 4.79 Å². The van der Waals surface area contributed by atoms with Crippen molar-refractivity contribution in [1.82, 2.24) is 19.3 Å². The Morgan fingerprint density at radius 1 is 0.964 bits per heavy atom. The summed E-state index contributed by atoms with van der Waals surface area (Å²) in [4.78, 5) is 18.9. The Morgan fingerprint density at radius 2 is 1.57 bits per heavy atom. The van der Waals surface area contributed by atoms with E-state index in [1.807, 2.05) is 35.0 Å². The van der Waals surface area contributed by atoms with Crippen molar-refractivity contribution in [2.45, 2.75) is 19.8 Å². The first-order valence-corrected chi connectivity index (χ1v) is 10.1. The van der Waals surface area contributed by atoms with Crippen LogP contribution < -0.4 is 0 Å². The highest BCUT2D eigenvalue weighted by atomic mass is 16.1. The second-order valence-corrected chi connectivity index (χ2v) is 7.66. The number of rotatable bonds is 8. The van der Waals surface area contributed by atoms with Crippen LogP contribution in [0.15, 0.2) is 61.6 Å². The summed E-state index contributed by atoms with van der Waals surface area (Å²) in [5.41, 5.74) is 3.61. The molecule has 3 heterocycles. The van der Waals surface area contributed by atoms with Crippen LogP contribution in [0.2, 0.25) is 0 Å². The van der Waals surface area contributed by atoms with Crippen LogP contribution in [0.4, 0.5) is 0 Å². The maximum absolute atomic E-state index is 11.7. The molecular formula is C23H32N4O. The van der Waals surface area contributed by atoms with Gasteiger partial charge < -0.3 is 14.4 Å². The first-order valence-electron chi connectivity index (χ1n) is 10.1. The number of hydrogen-bond donors (Lipinski definition) is 0. The number of nitrogens with zero attached hydrogens (tertiary/aromatic N) is 4. The van der Waals surface area contributed by atoms with Gasteiger partial charge in [-0.15, -0.1) is 0 Å². The van der Waals surface area contributed by atoms with Crippen LogP contribution in [0, 0.1) is 0 Å². The average Bonchev–Trinajstić information content (AvgIpc) is 3.37. The molecule has 0 radical (unpaired) electrons. The van der Waals surface area contributed by atoms with Gasteiger partial charge in [0.2, 0.25) is 0 Å². The summed E-state index contributed by atoms with van der Waals surface area (Å²) >= 11 is 0. The highest BCUT2D eigenvalue weighted by Crippen LogP contribution is 2.17. The zero-order valence-electron chi connectivity index (χ0n) is 17.1. The lowest BCUT2D eigenvalue weighted by Crippen LogP contribution is -2.46. The quantitative estimate of drug-likeness (QED) is 0.511. The lowest BCUT2D eigenvalue weighted by molar-refractivity contribution is 0.101. The second kappa shape index (κ2) is 9.11. The highest BCUT2D eigenvalue weighted by molar-refractivity contribution is 5.94. The summed E-state index contributed by atoms with van der Waals surface area (Å²) in [6, 6.07) is 3.67. The number of hydrogen-bond acceptors (Lipinski definition) is 4. The molecule has 0 amide bonds. The van der Waals surface area contributed by atoms with Gasteiger partial charge in [-0.05, 0) is 50.2 Å². The molecule has 1 aromatic heterocycles. The van der Waals surface area contributed by atoms with Crippen LogP contribution >= 0.6 is 0 Å². The van der Waals surface area contributed by atoms with Crippen LogP contribution in [0.1, 0.15) is 30.3 Å². The molecule has 1 aromatic rings. The van der Waals surface area contributed by atoms with Gasteiger partial charge in [-0.1, -0.05) is 19.7 Å². The van der Waals surface area contributed by atoms with Crippen molar-refractivity contribution >= 4 is 11.5 Å². The van der Waals surface area contributed by atoms with Crippen LogP contribution in [0.25, 0.3) is 5.70 Å². The van der Waals surface area contributed by atoms with E-state index in [2.05, 4.69) is 34.4 Å². The van der Waals surface area contributed by atoms with Gasteiger partial charge in [0.05, 0.1) is 5.69 Å². The zero-order chi connectivity index (χ0) is 20.1. The molecule has 2 aliphatic heterocycles. The summed E-state index contributed by atoms with van der Waals surface area (Å²) in [5.74, 6) is 0.0312. The molecule has 5 nitrogen and oxygen atoms in total. The van der Waals surface area contributed by atoms with Gasteiger partial charge in [0.25, 0.3) is 0 Å². The summed E-state index contributed by atoms with van der Waals surface area (Å²) < 4.78 is 1.81. The Balaban J connectivity index is 1.48. The lowest BCUT2D eigenvalue weighted by Gasteiger charge is -2.39. The molecular weight excluding hydrogens is 348 g/mol. The largest absolute Gasteiger partial charge is 0.371 e. The molecule has 0 bridgehead atoms. The SMILES string of the molecule is C=C(/C=C\C(=C)n1cccc1C(C)=O)N1CCN(C(=C)CN2CCCC2)CC1. The van der Waals surface area contributed by atoms with E-state index in [0.29, 0.717) is 5.69 Å². The molecule has 3 rings (SSSR count). The molecule has 2 fully saturated rings. The first-order chi connectivity index (χ1) is 13.5. The molecule has 0 atom stereocenters. The van der Waals surface area contributed by atoms with E-state index in [9.17, 15) is 4.79 Å². The molecule has 28 heavy (non-hydrogen) atoms. The third-order valence-corrected chi connectivity index (χ3v) is 5.62. The zero-order valence-corrected chi connectivity index (χ0v) is 17.1. The van der Waals surface area contributed by atoms with Crippen LogP contribution in [0.5, 0.6) is 0 Å². The smallest absolute Gasteiger partial charge is 0.176 e. The van der Waals surface area contributed by atoms with Crippen LogP contribution in [0.3, 0.4) is 0 Å². The summed E-state index contributed by atoms with van der Waals surface area (Å²) in [5, 5.41) is 0. The number of likely N-dealkylation sites (tertiary alicyclic amines) is 1. The fourth-order valence-corrected chi connectivity index (χ4v) is 3.91. The minimum absolute atomic E-state index is 0.0312. The summed E-state index contributed by atoms with van der Waals surface area (Å²) in [6.45, 7) is 21.4. The maximum atomic E-state index is 11.7. The van der Waals surface area contributed by atoms with E-state index >= 15 is 0 Å². The number of aromatic nitrogens is 1. The van der Waals surface area contributed by atoms with Crippen molar-refractivity contribution in [3.05, 3.63) is 67.3 Å². The number of piperazine rings is 1. The Hall–Kier alpha value is -2.53. The minimum atomic E-state index is 0.0312. The minimum Gasteiger partial charge on any atom is -0.371 e. The predicted molar refractivity (Wildman–Crippen MR) is 116 cm³/mol. The van der Waals surface area contributed by atoms with Gasteiger partial charge in [0.1, 0.15) is 0 Å². The Morgan fingerprint density at radius 3 is 2.21 bits per heavy atom. The average molecular weight is 381 g/mol. The van der Waals surface area contributed by atoms with E-state index in [-0.39, 0.29) is 5.78 Å². The molecule has 0 aromatic carbocycles. The Bertz CT molecular complexity index is 774. The van der Waals surface area contributed by atoms with Gasteiger partial charge in [-0.2, -0.15) is 0 Å². The molecule has 0 aliphatic carbocycles. The molecule has 5 heteroatoms. The number of allylic oxidation sites excluding steroid dienone is 3. The summed E-state index contributed by atoms with van der Waals surface area (Å²) in [6.07, 6.45) is 8.40. The second-order valence-electron chi connectivity index (χ2n) is 7.66. The van der Waals surface area contributed by atoms with Gasteiger partial charge in [0.15, 0.2) is 5.78 Å². The van der Waals surface area contributed by atoms with Crippen molar-refractivity contribution in [2.24, 2.45) is 0 Å².